The molecule has 0 aliphatic rings. The number of nitrogens with two attached hydrogens (primary N) is 1. The minimum Gasteiger partial charge on any atom is -0.345 e. The first-order valence-electron chi connectivity index (χ1n) is 6.02. The molecule has 0 heterocycles. The molecule has 19 heavy (non-hydrogen) atoms. The summed E-state index contributed by atoms with van der Waals surface area (Å²) < 4.78 is 22.1. The van der Waals surface area contributed by atoms with Crippen molar-refractivity contribution in [1.82, 2.24) is 4.90 Å². The Bertz CT molecular complexity index is 514. The van der Waals surface area contributed by atoms with E-state index in [0.717, 1.165) is 11.8 Å². The Balaban J connectivity index is 2.50. The van der Waals surface area contributed by atoms with Gasteiger partial charge in [-0.25, -0.2) is 8.42 Å². The lowest BCUT2D eigenvalue weighted by Crippen LogP contribution is -2.33. The van der Waals surface area contributed by atoms with Gasteiger partial charge in [0.2, 0.25) is 5.91 Å². The van der Waals surface area contributed by atoms with Gasteiger partial charge < -0.3 is 10.6 Å². The minimum absolute atomic E-state index is 0.0319. The third-order valence-corrected chi connectivity index (χ3v) is 3.77. The molecule has 0 aliphatic carbocycles. The summed E-state index contributed by atoms with van der Waals surface area (Å²) in [5.74, 6) is -0.185. The van der Waals surface area contributed by atoms with E-state index in [9.17, 15) is 13.2 Å². The van der Waals surface area contributed by atoms with E-state index in [0.29, 0.717) is 0 Å². The second-order valence-corrected chi connectivity index (χ2v) is 6.93. The van der Waals surface area contributed by atoms with E-state index in [4.69, 9.17) is 5.73 Å². The minimum atomic E-state index is -3.06. The summed E-state index contributed by atoms with van der Waals surface area (Å²) in [6, 6.07) is 8.99. The van der Waals surface area contributed by atoms with Gasteiger partial charge in [-0.1, -0.05) is 30.3 Å². The standard InChI is InChI=1S/C13H20N2O3S/c1-15(8-9-19(2,17)18)13(16)10-12(14)11-6-4-3-5-7-11/h3-7,12H,8-10,14H2,1-2H3. The number of sulfone groups is 1. The summed E-state index contributed by atoms with van der Waals surface area (Å²) in [4.78, 5) is 13.3. The average molecular weight is 284 g/mol. The van der Waals surface area contributed by atoms with E-state index in [1.54, 1.807) is 7.05 Å². The van der Waals surface area contributed by atoms with E-state index >= 15 is 0 Å². The Kier molecular flexibility index (Phi) is 5.50. The second-order valence-electron chi connectivity index (χ2n) is 4.67. The highest BCUT2D eigenvalue weighted by Gasteiger charge is 2.16. The Morgan fingerprint density at radius 1 is 1.32 bits per heavy atom. The molecule has 0 spiro atoms. The van der Waals surface area contributed by atoms with Gasteiger partial charge in [-0.15, -0.1) is 0 Å². The molecular formula is C13H20N2O3S. The zero-order valence-electron chi connectivity index (χ0n) is 11.2. The summed E-state index contributed by atoms with van der Waals surface area (Å²) in [7, 11) is -1.47. The monoisotopic (exact) mass is 284 g/mol. The molecule has 1 aromatic rings. The van der Waals surface area contributed by atoms with Crippen LogP contribution in [0.5, 0.6) is 0 Å². The Hall–Kier alpha value is -1.40. The van der Waals surface area contributed by atoms with Crippen LogP contribution in [0.2, 0.25) is 0 Å². The first-order valence-corrected chi connectivity index (χ1v) is 8.08. The van der Waals surface area contributed by atoms with Gasteiger partial charge in [-0.2, -0.15) is 0 Å². The van der Waals surface area contributed by atoms with E-state index < -0.39 is 9.84 Å². The molecule has 0 aliphatic heterocycles. The van der Waals surface area contributed by atoms with Gasteiger partial charge in [-0.3, -0.25) is 4.79 Å². The molecule has 1 amide bonds. The Labute approximate surface area is 114 Å². The normalized spacial score (nSPS) is 13.0. The fourth-order valence-electron chi connectivity index (χ4n) is 1.59. The van der Waals surface area contributed by atoms with Gasteiger partial charge in [0, 0.05) is 32.3 Å². The largest absolute Gasteiger partial charge is 0.345 e. The maximum Gasteiger partial charge on any atom is 0.224 e. The van der Waals surface area contributed by atoms with Gasteiger partial charge in [0.05, 0.1) is 5.75 Å². The molecule has 1 aromatic carbocycles. The number of carbonyl (C=O) groups excluding carboxylic acids is 1. The lowest BCUT2D eigenvalue weighted by Gasteiger charge is -2.19. The number of benzene rings is 1. The number of rotatable bonds is 6. The van der Waals surface area contributed by atoms with Crippen LogP contribution in [0.3, 0.4) is 0 Å². The molecule has 1 unspecified atom stereocenters. The maximum atomic E-state index is 11.9. The van der Waals surface area contributed by atoms with Crippen molar-refractivity contribution in [1.29, 1.82) is 0 Å². The summed E-state index contributed by atoms with van der Waals surface area (Å²) in [6.45, 7) is 0.194. The van der Waals surface area contributed by atoms with E-state index in [-0.39, 0.29) is 30.7 Å². The van der Waals surface area contributed by atoms with Crippen molar-refractivity contribution in [2.75, 3.05) is 25.6 Å². The fourth-order valence-corrected chi connectivity index (χ4v) is 2.20. The number of carbonyl (C=O) groups is 1. The summed E-state index contributed by atoms with van der Waals surface area (Å²) >= 11 is 0. The van der Waals surface area contributed by atoms with E-state index in [2.05, 4.69) is 0 Å². The predicted octanol–water partition coefficient (Wildman–Crippen LogP) is 0.580. The van der Waals surface area contributed by atoms with Crippen molar-refractivity contribution in [2.45, 2.75) is 12.5 Å². The highest BCUT2D eigenvalue weighted by atomic mass is 32.2. The highest BCUT2D eigenvalue weighted by Crippen LogP contribution is 2.14. The van der Waals surface area contributed by atoms with Crippen molar-refractivity contribution in [2.24, 2.45) is 5.73 Å². The van der Waals surface area contributed by atoms with Crippen LogP contribution >= 0.6 is 0 Å². The van der Waals surface area contributed by atoms with Crippen LogP contribution in [0.4, 0.5) is 0 Å². The lowest BCUT2D eigenvalue weighted by molar-refractivity contribution is -0.130. The average Bonchev–Trinajstić information content (AvgIpc) is 2.36. The molecule has 0 fully saturated rings. The van der Waals surface area contributed by atoms with Crippen LogP contribution in [0.25, 0.3) is 0 Å². The molecule has 0 saturated carbocycles. The molecule has 0 bridgehead atoms. The number of hydrogen-bond donors (Lipinski definition) is 1. The van der Waals surface area contributed by atoms with Crippen LogP contribution in [0, 0.1) is 0 Å². The number of hydrogen-bond acceptors (Lipinski definition) is 4. The third-order valence-electron chi connectivity index (χ3n) is 2.85. The molecule has 106 valence electrons. The van der Waals surface area contributed by atoms with Gasteiger partial charge in [-0.05, 0) is 5.56 Å². The molecule has 5 nitrogen and oxygen atoms in total. The van der Waals surface area contributed by atoms with Gasteiger partial charge in [0.15, 0.2) is 0 Å². The van der Waals surface area contributed by atoms with Gasteiger partial charge >= 0.3 is 0 Å². The smallest absolute Gasteiger partial charge is 0.224 e. The SMILES string of the molecule is CN(CCS(C)(=O)=O)C(=O)CC(N)c1ccccc1. The summed E-state index contributed by atoms with van der Waals surface area (Å²) in [5.41, 5.74) is 6.85. The number of nitrogens with zero attached hydrogens (tertiary/aromatic N) is 1. The maximum absolute atomic E-state index is 11.9. The van der Waals surface area contributed by atoms with Gasteiger partial charge in [0.1, 0.15) is 9.84 Å². The van der Waals surface area contributed by atoms with Crippen molar-refractivity contribution in [3.8, 4) is 0 Å². The van der Waals surface area contributed by atoms with Crippen molar-refractivity contribution in [3.63, 3.8) is 0 Å². The summed E-state index contributed by atoms with van der Waals surface area (Å²) in [5, 5.41) is 0. The topological polar surface area (TPSA) is 80.5 Å². The lowest BCUT2D eigenvalue weighted by atomic mass is 10.0. The second kappa shape index (κ2) is 6.68. The highest BCUT2D eigenvalue weighted by molar-refractivity contribution is 7.90. The van der Waals surface area contributed by atoms with Crippen LogP contribution in [-0.2, 0) is 14.6 Å². The summed E-state index contributed by atoms with van der Waals surface area (Å²) in [6.07, 6.45) is 1.32. The predicted molar refractivity (Wildman–Crippen MR) is 75.3 cm³/mol. The van der Waals surface area contributed by atoms with Crippen LogP contribution in [0.1, 0.15) is 18.0 Å². The molecule has 6 heteroatoms. The third kappa shape index (κ3) is 5.85. The first kappa shape index (κ1) is 15.7. The fraction of sp³-hybridized carbons (Fsp3) is 0.462. The molecule has 2 N–H and O–H groups in total. The zero-order valence-corrected chi connectivity index (χ0v) is 12.1. The molecule has 0 radical (unpaired) electrons. The zero-order chi connectivity index (χ0) is 14.5. The quantitative estimate of drug-likeness (QED) is 0.828. The molecule has 1 atom stereocenters. The van der Waals surface area contributed by atoms with Crippen LogP contribution < -0.4 is 5.73 Å². The number of amides is 1. The van der Waals surface area contributed by atoms with Crippen LogP contribution in [-0.4, -0.2) is 44.8 Å². The van der Waals surface area contributed by atoms with E-state index in [1.165, 1.54) is 4.90 Å². The first-order chi connectivity index (χ1) is 8.79. The van der Waals surface area contributed by atoms with Crippen molar-refractivity contribution < 1.29 is 13.2 Å². The molecular weight excluding hydrogens is 264 g/mol. The Morgan fingerprint density at radius 3 is 2.42 bits per heavy atom. The molecule has 0 aromatic heterocycles. The van der Waals surface area contributed by atoms with E-state index in [1.807, 2.05) is 30.3 Å². The van der Waals surface area contributed by atoms with Crippen LogP contribution in [0.15, 0.2) is 30.3 Å². The Morgan fingerprint density at radius 2 is 1.89 bits per heavy atom. The molecule has 1 rings (SSSR count). The van der Waals surface area contributed by atoms with Crippen molar-refractivity contribution >= 4 is 15.7 Å². The van der Waals surface area contributed by atoms with Gasteiger partial charge in [0.25, 0.3) is 0 Å². The van der Waals surface area contributed by atoms with Crippen molar-refractivity contribution in [3.05, 3.63) is 35.9 Å². The molecule has 0 saturated heterocycles.